The lowest BCUT2D eigenvalue weighted by Gasteiger charge is -2.19. The van der Waals surface area contributed by atoms with E-state index in [0.29, 0.717) is 21.1 Å². The second-order valence-corrected chi connectivity index (χ2v) is 9.27. The molecule has 4 rings (SSSR count). The SMILES string of the molecule is CC(C)(C)c1ccc(-c2ccc(-c3[nH]c(-c4c(F)cccc4Cl)nc3Br)cn2)cc1. The summed E-state index contributed by atoms with van der Waals surface area (Å²) < 4.78 is 14.8. The van der Waals surface area contributed by atoms with Crippen molar-refractivity contribution in [1.29, 1.82) is 0 Å². The zero-order valence-corrected chi connectivity index (χ0v) is 19.1. The van der Waals surface area contributed by atoms with E-state index in [0.717, 1.165) is 16.8 Å². The number of hydrogen-bond donors (Lipinski definition) is 1. The molecule has 2 heterocycles. The van der Waals surface area contributed by atoms with Gasteiger partial charge in [0.1, 0.15) is 16.2 Å². The van der Waals surface area contributed by atoms with Gasteiger partial charge in [-0.2, -0.15) is 0 Å². The summed E-state index contributed by atoms with van der Waals surface area (Å²) in [5.41, 5.74) is 5.12. The van der Waals surface area contributed by atoms with Crippen molar-refractivity contribution in [2.24, 2.45) is 0 Å². The van der Waals surface area contributed by atoms with E-state index in [2.05, 4.69) is 75.9 Å². The van der Waals surface area contributed by atoms with Crippen LogP contribution in [0.3, 0.4) is 0 Å². The summed E-state index contributed by atoms with van der Waals surface area (Å²) in [4.78, 5) is 12.2. The first-order valence-electron chi connectivity index (χ1n) is 9.51. The second-order valence-electron chi connectivity index (χ2n) is 8.11. The third-order valence-electron chi connectivity index (χ3n) is 4.96. The van der Waals surface area contributed by atoms with Gasteiger partial charge < -0.3 is 4.98 Å². The molecule has 0 amide bonds. The Morgan fingerprint density at radius 1 is 0.967 bits per heavy atom. The highest BCUT2D eigenvalue weighted by atomic mass is 79.9. The molecule has 2 aromatic carbocycles. The number of benzene rings is 2. The van der Waals surface area contributed by atoms with Crippen molar-refractivity contribution in [2.45, 2.75) is 26.2 Å². The first-order valence-corrected chi connectivity index (χ1v) is 10.7. The summed E-state index contributed by atoms with van der Waals surface area (Å²) in [6.45, 7) is 6.58. The molecule has 3 nitrogen and oxygen atoms in total. The number of rotatable bonds is 3. The lowest BCUT2D eigenvalue weighted by molar-refractivity contribution is 0.590. The van der Waals surface area contributed by atoms with Crippen LogP contribution in [0.4, 0.5) is 4.39 Å². The molecular formula is C24H20BrClFN3. The minimum absolute atomic E-state index is 0.113. The number of nitrogens with zero attached hydrogens (tertiary/aromatic N) is 2. The molecule has 0 fully saturated rings. The van der Waals surface area contributed by atoms with Crippen LogP contribution in [0.15, 0.2) is 65.4 Å². The predicted molar refractivity (Wildman–Crippen MR) is 124 cm³/mol. The van der Waals surface area contributed by atoms with Gasteiger partial charge in [0.2, 0.25) is 0 Å². The highest BCUT2D eigenvalue weighted by Crippen LogP contribution is 2.34. The van der Waals surface area contributed by atoms with Crippen molar-refractivity contribution in [3.63, 3.8) is 0 Å². The van der Waals surface area contributed by atoms with Gasteiger partial charge in [-0.15, -0.1) is 0 Å². The minimum atomic E-state index is -0.428. The number of aromatic amines is 1. The molecule has 0 bridgehead atoms. The highest BCUT2D eigenvalue weighted by Gasteiger charge is 2.17. The molecule has 0 aliphatic heterocycles. The van der Waals surface area contributed by atoms with Gasteiger partial charge in [-0.1, -0.05) is 62.7 Å². The van der Waals surface area contributed by atoms with Crippen molar-refractivity contribution in [3.8, 4) is 33.9 Å². The molecule has 4 aromatic rings. The molecule has 30 heavy (non-hydrogen) atoms. The standard InChI is InChI=1S/C24H20BrClFN3/c1-24(2,3)16-10-7-14(8-11-16)19-12-9-15(13-28-19)21-22(25)30-23(29-21)20-17(26)5-4-6-18(20)27/h4-13H,1-3H3,(H,29,30). The van der Waals surface area contributed by atoms with Crippen molar-refractivity contribution in [1.82, 2.24) is 15.0 Å². The van der Waals surface area contributed by atoms with Gasteiger partial charge in [0.05, 0.1) is 22.0 Å². The Morgan fingerprint density at radius 2 is 1.67 bits per heavy atom. The molecule has 0 aliphatic carbocycles. The summed E-state index contributed by atoms with van der Waals surface area (Å²) in [7, 11) is 0. The van der Waals surface area contributed by atoms with E-state index in [-0.39, 0.29) is 11.0 Å². The van der Waals surface area contributed by atoms with Crippen molar-refractivity contribution in [3.05, 3.63) is 81.8 Å². The first kappa shape index (κ1) is 20.8. The van der Waals surface area contributed by atoms with Gasteiger partial charge in [0.15, 0.2) is 0 Å². The Labute approximate surface area is 188 Å². The lowest BCUT2D eigenvalue weighted by atomic mass is 9.86. The minimum Gasteiger partial charge on any atom is -0.337 e. The molecule has 0 aliphatic rings. The number of halogens is 3. The van der Waals surface area contributed by atoms with E-state index in [4.69, 9.17) is 11.6 Å². The number of H-pyrrole nitrogens is 1. The number of aromatic nitrogens is 3. The normalized spacial score (nSPS) is 11.7. The number of hydrogen-bond acceptors (Lipinski definition) is 2. The van der Waals surface area contributed by atoms with E-state index in [1.54, 1.807) is 18.3 Å². The monoisotopic (exact) mass is 483 g/mol. The van der Waals surface area contributed by atoms with E-state index in [1.165, 1.54) is 11.6 Å². The third kappa shape index (κ3) is 4.05. The van der Waals surface area contributed by atoms with Crippen LogP contribution in [0.2, 0.25) is 5.02 Å². The van der Waals surface area contributed by atoms with Gasteiger partial charge in [-0.05, 0) is 51.2 Å². The molecule has 152 valence electrons. The topological polar surface area (TPSA) is 41.6 Å². The molecule has 0 radical (unpaired) electrons. The van der Waals surface area contributed by atoms with Crippen molar-refractivity contribution >= 4 is 27.5 Å². The fourth-order valence-electron chi connectivity index (χ4n) is 3.24. The average molecular weight is 485 g/mol. The smallest absolute Gasteiger partial charge is 0.143 e. The number of imidazole rings is 1. The van der Waals surface area contributed by atoms with Crippen LogP contribution in [0.1, 0.15) is 26.3 Å². The summed E-state index contributed by atoms with van der Waals surface area (Å²) in [5, 5.41) is 0.301. The van der Waals surface area contributed by atoms with E-state index < -0.39 is 5.82 Å². The molecular weight excluding hydrogens is 465 g/mol. The Bertz CT molecular complexity index is 1170. The molecule has 0 saturated carbocycles. The largest absolute Gasteiger partial charge is 0.337 e. The molecule has 0 spiro atoms. The zero-order chi connectivity index (χ0) is 21.5. The Kier molecular flexibility index (Phi) is 5.51. The van der Waals surface area contributed by atoms with Crippen LogP contribution in [-0.4, -0.2) is 15.0 Å². The van der Waals surface area contributed by atoms with Crippen LogP contribution in [-0.2, 0) is 5.41 Å². The molecule has 0 unspecified atom stereocenters. The van der Waals surface area contributed by atoms with Crippen LogP contribution in [0.25, 0.3) is 33.9 Å². The Hall–Kier alpha value is -2.50. The first-order chi connectivity index (χ1) is 14.2. The van der Waals surface area contributed by atoms with Gasteiger partial charge >= 0.3 is 0 Å². The second kappa shape index (κ2) is 7.97. The number of nitrogens with one attached hydrogen (secondary N) is 1. The van der Waals surface area contributed by atoms with E-state index in [1.807, 2.05) is 12.1 Å². The van der Waals surface area contributed by atoms with Gasteiger partial charge in [-0.3, -0.25) is 4.98 Å². The average Bonchev–Trinajstić information content (AvgIpc) is 3.08. The quantitative estimate of drug-likeness (QED) is 0.324. The molecule has 0 saturated heterocycles. The molecule has 0 atom stereocenters. The van der Waals surface area contributed by atoms with Gasteiger partial charge in [0.25, 0.3) is 0 Å². The summed E-state index contributed by atoms with van der Waals surface area (Å²) in [6.07, 6.45) is 1.78. The maximum atomic E-state index is 14.3. The van der Waals surface area contributed by atoms with E-state index in [9.17, 15) is 4.39 Å². The Morgan fingerprint density at radius 3 is 2.27 bits per heavy atom. The van der Waals surface area contributed by atoms with Gasteiger partial charge in [-0.25, -0.2) is 9.37 Å². The fourth-order valence-corrected chi connectivity index (χ4v) is 4.00. The predicted octanol–water partition coefficient (Wildman–Crippen LogP) is 7.66. The summed E-state index contributed by atoms with van der Waals surface area (Å²) in [5.74, 6) is -0.0655. The van der Waals surface area contributed by atoms with Gasteiger partial charge in [0, 0.05) is 17.3 Å². The number of pyridine rings is 1. The molecule has 1 N–H and O–H groups in total. The summed E-state index contributed by atoms with van der Waals surface area (Å²) in [6, 6.07) is 16.9. The van der Waals surface area contributed by atoms with Crippen molar-refractivity contribution in [2.75, 3.05) is 0 Å². The molecule has 2 aromatic heterocycles. The maximum Gasteiger partial charge on any atom is 0.143 e. The third-order valence-corrected chi connectivity index (χ3v) is 5.85. The summed E-state index contributed by atoms with van der Waals surface area (Å²) >= 11 is 9.63. The Balaban J connectivity index is 1.65. The van der Waals surface area contributed by atoms with Crippen LogP contribution in [0, 0.1) is 5.82 Å². The zero-order valence-electron chi connectivity index (χ0n) is 16.8. The van der Waals surface area contributed by atoms with Crippen LogP contribution >= 0.6 is 27.5 Å². The van der Waals surface area contributed by atoms with Crippen LogP contribution in [0.5, 0.6) is 0 Å². The van der Waals surface area contributed by atoms with Crippen molar-refractivity contribution < 1.29 is 4.39 Å². The lowest BCUT2D eigenvalue weighted by Crippen LogP contribution is -2.10. The highest BCUT2D eigenvalue weighted by molar-refractivity contribution is 9.10. The van der Waals surface area contributed by atoms with E-state index >= 15 is 0 Å². The fraction of sp³-hybridized carbons (Fsp3) is 0.167. The van der Waals surface area contributed by atoms with Crippen LogP contribution < -0.4 is 0 Å². The molecule has 6 heteroatoms. The maximum absolute atomic E-state index is 14.3.